The topological polar surface area (TPSA) is 42.4 Å². The lowest BCUT2D eigenvalue weighted by Gasteiger charge is -2.30. The van der Waals surface area contributed by atoms with Crippen molar-refractivity contribution in [3.63, 3.8) is 0 Å². The molecule has 4 nitrogen and oxygen atoms in total. The second-order valence-corrected chi connectivity index (χ2v) is 8.92. The lowest BCUT2D eigenvalue weighted by atomic mass is 9.79. The van der Waals surface area contributed by atoms with Gasteiger partial charge in [0.1, 0.15) is 5.75 Å². The summed E-state index contributed by atoms with van der Waals surface area (Å²) in [5.41, 5.74) is 5.27. The number of nitrogens with zero attached hydrogens (tertiary/aromatic N) is 2. The Labute approximate surface area is 172 Å². The minimum Gasteiger partial charge on any atom is -0.497 e. The van der Waals surface area contributed by atoms with Crippen molar-refractivity contribution in [2.24, 2.45) is 5.41 Å². The first-order valence-electron chi connectivity index (χ1n) is 9.22. The number of hydrogen-bond donors (Lipinski definition) is 0. The van der Waals surface area contributed by atoms with Crippen molar-refractivity contribution in [2.75, 3.05) is 12.0 Å². The maximum absolute atomic E-state index is 13.6. The Balaban J connectivity index is 1.80. The number of halogens is 1. The molecule has 28 heavy (non-hydrogen) atoms. The summed E-state index contributed by atoms with van der Waals surface area (Å²) in [6, 6.07) is 13.6. The third kappa shape index (κ3) is 2.49. The molecule has 5 rings (SSSR count). The number of anilines is 1. The third-order valence-electron chi connectivity index (χ3n) is 5.42. The zero-order chi connectivity index (χ0) is 19.6. The summed E-state index contributed by atoms with van der Waals surface area (Å²) in [6.07, 6.45) is 3.02. The van der Waals surface area contributed by atoms with Crippen LogP contribution in [0.15, 0.2) is 53.0 Å². The molecule has 0 unspecified atom stereocenters. The number of benzene rings is 2. The quantitative estimate of drug-likeness (QED) is 0.527. The number of allylic oxidation sites excluding steroid dienone is 1. The molecule has 5 heteroatoms. The van der Waals surface area contributed by atoms with E-state index in [1.807, 2.05) is 47.4 Å². The van der Waals surface area contributed by atoms with Crippen LogP contribution in [0.1, 0.15) is 35.5 Å². The van der Waals surface area contributed by atoms with Crippen LogP contribution < -0.4 is 9.64 Å². The van der Waals surface area contributed by atoms with Gasteiger partial charge in [-0.15, -0.1) is 0 Å². The van der Waals surface area contributed by atoms with Gasteiger partial charge in [0.2, 0.25) is 0 Å². The molecule has 1 aromatic heterocycles. The van der Waals surface area contributed by atoms with Crippen molar-refractivity contribution in [3.05, 3.63) is 69.8 Å². The first-order chi connectivity index (χ1) is 13.4. The number of carbonyl (C=O) groups excluding carboxylic acids is 1. The minimum atomic E-state index is -0.0784. The molecule has 0 atom stereocenters. The Morgan fingerprint density at radius 3 is 2.57 bits per heavy atom. The van der Waals surface area contributed by atoms with Gasteiger partial charge < -0.3 is 4.74 Å². The highest BCUT2D eigenvalue weighted by atomic mass is 79.9. The van der Waals surface area contributed by atoms with Gasteiger partial charge in [0.15, 0.2) is 0 Å². The fourth-order valence-electron chi connectivity index (χ4n) is 4.22. The second-order valence-electron chi connectivity index (χ2n) is 8.00. The number of pyridine rings is 1. The smallest absolute Gasteiger partial charge is 0.264 e. The van der Waals surface area contributed by atoms with Gasteiger partial charge in [-0.05, 0) is 54.3 Å². The molecule has 3 aromatic rings. The van der Waals surface area contributed by atoms with Crippen LogP contribution in [0.5, 0.6) is 5.75 Å². The summed E-state index contributed by atoms with van der Waals surface area (Å²) in [4.78, 5) is 20.4. The number of hydrogen-bond acceptors (Lipinski definition) is 3. The normalized spacial score (nSPS) is 16.9. The van der Waals surface area contributed by atoms with Gasteiger partial charge in [-0.3, -0.25) is 14.7 Å². The molecule has 0 saturated heterocycles. The van der Waals surface area contributed by atoms with E-state index in [9.17, 15) is 4.79 Å². The van der Waals surface area contributed by atoms with Crippen LogP contribution >= 0.6 is 15.9 Å². The average Bonchev–Trinajstić information content (AvgIpc) is 2.94. The highest BCUT2D eigenvalue weighted by molar-refractivity contribution is 9.10. The van der Waals surface area contributed by atoms with Crippen molar-refractivity contribution >= 4 is 44.1 Å². The molecule has 0 spiro atoms. The fraction of sp³-hybridized carbons (Fsp3) is 0.217. The predicted molar refractivity (Wildman–Crippen MR) is 115 cm³/mol. The number of carbonyl (C=O) groups is 1. The first kappa shape index (κ1) is 17.4. The fourth-order valence-corrected chi connectivity index (χ4v) is 4.58. The van der Waals surface area contributed by atoms with E-state index in [0.29, 0.717) is 0 Å². The van der Waals surface area contributed by atoms with Gasteiger partial charge in [-0.2, -0.15) is 0 Å². The van der Waals surface area contributed by atoms with Crippen molar-refractivity contribution < 1.29 is 9.53 Å². The summed E-state index contributed by atoms with van der Waals surface area (Å²) < 4.78 is 6.21. The predicted octanol–water partition coefficient (Wildman–Crippen LogP) is 5.59. The summed E-state index contributed by atoms with van der Waals surface area (Å²) in [6.45, 7) is 4.37. The largest absolute Gasteiger partial charge is 0.497 e. The van der Waals surface area contributed by atoms with Gasteiger partial charge in [0, 0.05) is 21.1 Å². The van der Waals surface area contributed by atoms with Crippen LogP contribution in [0.2, 0.25) is 0 Å². The second kappa shape index (κ2) is 5.92. The molecule has 0 fully saturated rings. The molecule has 0 saturated carbocycles. The van der Waals surface area contributed by atoms with E-state index in [1.165, 1.54) is 0 Å². The van der Waals surface area contributed by atoms with E-state index in [1.54, 1.807) is 7.11 Å². The first-order valence-corrected chi connectivity index (χ1v) is 10.0. The summed E-state index contributed by atoms with van der Waals surface area (Å²) in [5, 5.41) is 0.889. The number of methoxy groups -OCH3 is 1. The van der Waals surface area contributed by atoms with E-state index in [0.717, 1.165) is 55.8 Å². The molecule has 140 valence electrons. The molecule has 1 aliphatic heterocycles. The maximum Gasteiger partial charge on any atom is 0.264 e. The van der Waals surface area contributed by atoms with Crippen molar-refractivity contribution in [1.82, 2.24) is 4.98 Å². The maximum atomic E-state index is 13.6. The lowest BCUT2D eigenvalue weighted by molar-refractivity contribution is 0.101. The highest BCUT2D eigenvalue weighted by Gasteiger charge is 2.42. The summed E-state index contributed by atoms with van der Waals surface area (Å²) >= 11 is 3.54. The SMILES string of the molecule is COc1ccc(N2C(=O)c3c4c(nc5ccc(Br)cc35)CC(C)(C)C=C42)cc1. The summed E-state index contributed by atoms with van der Waals surface area (Å²) in [5.74, 6) is 0.762. The molecular weight excluding hydrogens is 416 g/mol. The van der Waals surface area contributed by atoms with Crippen molar-refractivity contribution in [2.45, 2.75) is 20.3 Å². The average molecular weight is 435 g/mol. The molecule has 0 N–H and O–H groups in total. The number of ether oxygens (including phenoxy) is 1. The molecular formula is C23H19BrN2O2. The Morgan fingerprint density at radius 2 is 1.86 bits per heavy atom. The number of fused-ring (bicyclic) bond motifs is 2. The zero-order valence-electron chi connectivity index (χ0n) is 15.9. The molecule has 0 bridgehead atoms. The number of aromatic nitrogens is 1. The molecule has 1 aliphatic carbocycles. The highest BCUT2D eigenvalue weighted by Crippen LogP contribution is 2.47. The van der Waals surface area contributed by atoms with Gasteiger partial charge in [0.25, 0.3) is 5.91 Å². The van der Waals surface area contributed by atoms with Crippen LogP contribution in [0.3, 0.4) is 0 Å². The van der Waals surface area contributed by atoms with Crippen LogP contribution in [0, 0.1) is 5.41 Å². The molecule has 2 heterocycles. The van der Waals surface area contributed by atoms with E-state index >= 15 is 0 Å². The van der Waals surface area contributed by atoms with Crippen LogP contribution in [-0.4, -0.2) is 18.0 Å². The molecule has 2 aliphatic rings. The molecule has 0 radical (unpaired) electrons. The zero-order valence-corrected chi connectivity index (χ0v) is 17.5. The van der Waals surface area contributed by atoms with Gasteiger partial charge >= 0.3 is 0 Å². The van der Waals surface area contributed by atoms with E-state index in [-0.39, 0.29) is 11.3 Å². The van der Waals surface area contributed by atoms with E-state index in [2.05, 4.69) is 35.9 Å². The van der Waals surface area contributed by atoms with Crippen LogP contribution in [0.25, 0.3) is 16.6 Å². The Hall–Kier alpha value is -2.66. The van der Waals surface area contributed by atoms with E-state index in [4.69, 9.17) is 9.72 Å². The van der Waals surface area contributed by atoms with Gasteiger partial charge in [-0.25, -0.2) is 0 Å². The Kier molecular flexibility index (Phi) is 3.68. The van der Waals surface area contributed by atoms with Crippen molar-refractivity contribution in [3.8, 4) is 5.75 Å². The monoisotopic (exact) mass is 434 g/mol. The van der Waals surface area contributed by atoms with Gasteiger partial charge in [-0.1, -0.05) is 35.9 Å². The minimum absolute atomic E-state index is 0.00383. The lowest BCUT2D eigenvalue weighted by Crippen LogP contribution is -2.26. The standard InChI is InChI=1S/C23H19BrN2O2/c1-23(2)11-18-21-19(12-23)26(14-5-7-15(28-3)8-6-14)22(27)20(21)16-10-13(24)4-9-17(16)25-18/h4-10,12H,11H2,1-3H3. The molecule has 1 amide bonds. The Morgan fingerprint density at radius 1 is 1.11 bits per heavy atom. The Bertz CT molecular complexity index is 1180. The third-order valence-corrected chi connectivity index (χ3v) is 5.91. The van der Waals surface area contributed by atoms with E-state index < -0.39 is 0 Å². The van der Waals surface area contributed by atoms with Crippen LogP contribution in [-0.2, 0) is 6.42 Å². The number of amides is 1. The van der Waals surface area contributed by atoms with Gasteiger partial charge in [0.05, 0.1) is 29.6 Å². The number of rotatable bonds is 2. The summed E-state index contributed by atoms with van der Waals surface area (Å²) in [7, 11) is 1.64. The van der Waals surface area contributed by atoms with Crippen molar-refractivity contribution in [1.29, 1.82) is 0 Å². The van der Waals surface area contributed by atoms with Crippen LogP contribution in [0.4, 0.5) is 5.69 Å². The molecule has 2 aromatic carbocycles.